The molecule has 1 aliphatic rings. The number of tetrazole rings is 1. The lowest BCUT2D eigenvalue weighted by atomic mass is 9.96. The van der Waals surface area contributed by atoms with Crippen LogP contribution in [-0.2, 0) is 6.42 Å². The van der Waals surface area contributed by atoms with Crippen LogP contribution in [0, 0.1) is 0 Å². The van der Waals surface area contributed by atoms with Crippen LogP contribution in [0.2, 0.25) is 0 Å². The smallest absolute Gasteiger partial charge is 0.254 e. The predicted molar refractivity (Wildman–Crippen MR) is 100 cm³/mol. The van der Waals surface area contributed by atoms with E-state index in [1.54, 1.807) is 22.3 Å². The summed E-state index contributed by atoms with van der Waals surface area (Å²) >= 11 is 1.80. The Hall–Kier alpha value is -2.54. The van der Waals surface area contributed by atoms with Crippen LogP contribution in [0.4, 0.5) is 0 Å². The molecule has 1 saturated heterocycles. The summed E-state index contributed by atoms with van der Waals surface area (Å²) in [6.45, 7) is 0.850. The zero-order valence-electron chi connectivity index (χ0n) is 14.5. The van der Waals surface area contributed by atoms with Gasteiger partial charge in [0, 0.05) is 23.0 Å². The number of nitrogens with zero attached hydrogens (tertiary/aromatic N) is 5. The number of hydrogen-bond acceptors (Lipinski definition) is 5. The van der Waals surface area contributed by atoms with E-state index in [1.165, 1.54) is 11.3 Å². The van der Waals surface area contributed by atoms with E-state index in [1.807, 2.05) is 24.3 Å². The van der Waals surface area contributed by atoms with Crippen LogP contribution < -0.4 is 0 Å². The molecule has 1 amide bonds. The van der Waals surface area contributed by atoms with Gasteiger partial charge in [0.1, 0.15) is 6.33 Å². The van der Waals surface area contributed by atoms with Crippen LogP contribution in [0.5, 0.6) is 0 Å². The van der Waals surface area contributed by atoms with E-state index >= 15 is 0 Å². The standard InChI is InChI=1S/C19H21N5OS/c25-19(15-6-8-17(9-7-15)24-14-20-21-22-24)23-12-2-1-4-16(23)10-11-18-5-3-13-26-18/h3,5-9,13-14,16H,1-2,4,10-12H2/t16-/m1/s1. The van der Waals surface area contributed by atoms with Gasteiger partial charge in [0.2, 0.25) is 0 Å². The van der Waals surface area contributed by atoms with E-state index in [0.29, 0.717) is 6.04 Å². The number of carbonyl (C=O) groups excluding carboxylic acids is 1. The second-order valence-corrected chi connectivity index (χ2v) is 7.60. The normalized spacial score (nSPS) is 17.4. The highest BCUT2D eigenvalue weighted by Gasteiger charge is 2.27. The van der Waals surface area contributed by atoms with Gasteiger partial charge in [-0.15, -0.1) is 16.4 Å². The average Bonchev–Trinajstić information content (AvgIpc) is 3.40. The maximum absolute atomic E-state index is 13.1. The van der Waals surface area contributed by atoms with Crippen molar-refractivity contribution in [3.05, 3.63) is 58.5 Å². The number of piperidine rings is 1. The molecule has 0 N–H and O–H groups in total. The Morgan fingerprint density at radius 1 is 1.19 bits per heavy atom. The first-order valence-electron chi connectivity index (χ1n) is 8.98. The molecule has 4 rings (SSSR count). The number of likely N-dealkylation sites (tertiary alicyclic amines) is 1. The van der Waals surface area contributed by atoms with E-state index in [2.05, 4.69) is 37.9 Å². The van der Waals surface area contributed by atoms with Gasteiger partial charge in [-0.2, -0.15) is 0 Å². The van der Waals surface area contributed by atoms with Crippen LogP contribution in [-0.4, -0.2) is 43.6 Å². The van der Waals surface area contributed by atoms with Crippen LogP contribution in [0.1, 0.15) is 40.9 Å². The third-order valence-corrected chi connectivity index (χ3v) is 5.86. The molecule has 1 aromatic carbocycles. The Balaban J connectivity index is 1.46. The molecule has 1 atom stereocenters. The molecular weight excluding hydrogens is 346 g/mol. The van der Waals surface area contributed by atoms with Crippen LogP contribution in [0.15, 0.2) is 48.1 Å². The van der Waals surface area contributed by atoms with Gasteiger partial charge in [-0.25, -0.2) is 4.68 Å². The van der Waals surface area contributed by atoms with Gasteiger partial charge in [-0.05, 0) is 78.2 Å². The summed E-state index contributed by atoms with van der Waals surface area (Å²) in [6, 6.07) is 12.1. The molecular formula is C19H21N5OS. The van der Waals surface area contributed by atoms with E-state index in [4.69, 9.17) is 0 Å². The molecule has 0 radical (unpaired) electrons. The molecule has 0 aliphatic carbocycles. The van der Waals surface area contributed by atoms with E-state index in [9.17, 15) is 4.79 Å². The van der Waals surface area contributed by atoms with E-state index < -0.39 is 0 Å². The molecule has 3 aromatic rings. The Morgan fingerprint density at radius 2 is 2.08 bits per heavy atom. The number of carbonyl (C=O) groups is 1. The van der Waals surface area contributed by atoms with Crippen molar-refractivity contribution >= 4 is 17.2 Å². The van der Waals surface area contributed by atoms with Crippen molar-refractivity contribution in [2.45, 2.75) is 38.1 Å². The van der Waals surface area contributed by atoms with Gasteiger partial charge in [0.05, 0.1) is 5.69 Å². The fourth-order valence-corrected chi connectivity index (χ4v) is 4.26. The second kappa shape index (κ2) is 7.78. The monoisotopic (exact) mass is 367 g/mol. The third kappa shape index (κ3) is 3.67. The largest absolute Gasteiger partial charge is 0.336 e. The van der Waals surface area contributed by atoms with Crippen molar-refractivity contribution in [2.75, 3.05) is 6.54 Å². The average molecular weight is 367 g/mol. The van der Waals surface area contributed by atoms with Gasteiger partial charge in [-0.1, -0.05) is 6.07 Å². The Labute approximate surface area is 156 Å². The highest BCUT2D eigenvalue weighted by Crippen LogP contribution is 2.24. The summed E-state index contributed by atoms with van der Waals surface area (Å²) in [4.78, 5) is 16.5. The first kappa shape index (κ1) is 16.9. The van der Waals surface area contributed by atoms with Crippen molar-refractivity contribution in [1.82, 2.24) is 25.1 Å². The summed E-state index contributed by atoms with van der Waals surface area (Å²) in [5, 5.41) is 13.3. The van der Waals surface area contributed by atoms with Crippen molar-refractivity contribution in [3.8, 4) is 5.69 Å². The van der Waals surface area contributed by atoms with Crippen molar-refractivity contribution < 1.29 is 4.79 Å². The molecule has 134 valence electrons. The molecule has 26 heavy (non-hydrogen) atoms. The van der Waals surface area contributed by atoms with Gasteiger partial charge >= 0.3 is 0 Å². The van der Waals surface area contributed by atoms with Crippen LogP contribution in [0.25, 0.3) is 5.69 Å². The summed E-state index contributed by atoms with van der Waals surface area (Å²) in [5.41, 5.74) is 1.57. The van der Waals surface area contributed by atoms with E-state index in [0.717, 1.165) is 43.5 Å². The van der Waals surface area contributed by atoms with Gasteiger partial charge in [-0.3, -0.25) is 4.79 Å². The molecule has 0 spiro atoms. The number of thiophene rings is 1. The Bertz CT molecular complexity index is 829. The molecule has 0 bridgehead atoms. The molecule has 1 fully saturated rings. The number of aromatic nitrogens is 4. The van der Waals surface area contributed by atoms with Crippen molar-refractivity contribution in [2.24, 2.45) is 0 Å². The first-order chi connectivity index (χ1) is 12.8. The molecule has 0 unspecified atom stereocenters. The first-order valence-corrected chi connectivity index (χ1v) is 9.86. The fourth-order valence-electron chi connectivity index (χ4n) is 3.53. The number of rotatable bonds is 5. The lowest BCUT2D eigenvalue weighted by Gasteiger charge is -2.36. The fraction of sp³-hybridized carbons (Fsp3) is 0.368. The topological polar surface area (TPSA) is 63.9 Å². The van der Waals surface area contributed by atoms with Crippen LogP contribution >= 0.6 is 11.3 Å². The molecule has 0 saturated carbocycles. The number of benzene rings is 1. The van der Waals surface area contributed by atoms with Crippen LogP contribution in [0.3, 0.4) is 0 Å². The minimum Gasteiger partial charge on any atom is -0.336 e. The third-order valence-electron chi connectivity index (χ3n) is 4.92. The molecule has 3 heterocycles. The second-order valence-electron chi connectivity index (χ2n) is 6.57. The minimum atomic E-state index is 0.129. The van der Waals surface area contributed by atoms with Gasteiger partial charge in [0.25, 0.3) is 5.91 Å². The zero-order valence-corrected chi connectivity index (χ0v) is 15.3. The Kier molecular flexibility index (Phi) is 5.06. The summed E-state index contributed by atoms with van der Waals surface area (Å²) in [5.74, 6) is 0.129. The maximum Gasteiger partial charge on any atom is 0.254 e. The molecule has 1 aliphatic heterocycles. The molecule has 7 heteroatoms. The number of aryl methyl sites for hydroxylation is 1. The molecule has 2 aromatic heterocycles. The summed E-state index contributed by atoms with van der Waals surface area (Å²) in [7, 11) is 0. The quantitative estimate of drug-likeness (QED) is 0.694. The lowest BCUT2D eigenvalue weighted by molar-refractivity contribution is 0.0602. The lowest BCUT2D eigenvalue weighted by Crippen LogP contribution is -2.44. The minimum absolute atomic E-state index is 0.129. The SMILES string of the molecule is O=C(c1ccc(-n2cnnn2)cc1)N1CCCC[C@@H]1CCc1cccs1. The maximum atomic E-state index is 13.1. The highest BCUT2D eigenvalue weighted by atomic mass is 32.1. The van der Waals surface area contributed by atoms with Crippen molar-refractivity contribution in [3.63, 3.8) is 0 Å². The van der Waals surface area contributed by atoms with Gasteiger partial charge < -0.3 is 4.90 Å². The van der Waals surface area contributed by atoms with Gasteiger partial charge in [0.15, 0.2) is 0 Å². The van der Waals surface area contributed by atoms with Crippen molar-refractivity contribution in [1.29, 1.82) is 0 Å². The summed E-state index contributed by atoms with van der Waals surface area (Å²) in [6.07, 6.45) is 7.02. The summed E-state index contributed by atoms with van der Waals surface area (Å²) < 4.78 is 1.58. The zero-order chi connectivity index (χ0) is 17.8. The molecule has 6 nitrogen and oxygen atoms in total. The number of hydrogen-bond donors (Lipinski definition) is 0. The van der Waals surface area contributed by atoms with E-state index in [-0.39, 0.29) is 5.91 Å². The number of amides is 1. The highest BCUT2D eigenvalue weighted by molar-refractivity contribution is 7.09. The predicted octanol–water partition coefficient (Wildman–Crippen LogP) is 3.35. The Morgan fingerprint density at radius 3 is 2.81 bits per heavy atom.